The van der Waals surface area contributed by atoms with Crippen molar-refractivity contribution in [3.63, 3.8) is 0 Å². The van der Waals surface area contributed by atoms with Crippen molar-refractivity contribution in [2.45, 2.75) is 12.5 Å². The molecule has 0 heterocycles. The van der Waals surface area contributed by atoms with Crippen molar-refractivity contribution in [2.75, 3.05) is 27.7 Å². The molecule has 0 aliphatic rings. The largest absolute Gasteiger partial charge is 0.756 e. The van der Waals surface area contributed by atoms with Gasteiger partial charge in [0.1, 0.15) is 12.6 Å². The number of hydrogen-bond acceptors (Lipinski definition) is 3. The lowest BCUT2D eigenvalue weighted by Crippen LogP contribution is -2.49. The maximum Gasteiger partial charge on any atom is 0.265 e. The van der Waals surface area contributed by atoms with Gasteiger partial charge in [-0.2, -0.15) is 0 Å². The van der Waals surface area contributed by atoms with Crippen molar-refractivity contribution < 1.29 is 23.4 Å². The molecule has 0 fully saturated rings. The fourth-order valence-electron chi connectivity index (χ4n) is 1.80. The average molecular weight is 299 g/mol. The lowest BCUT2D eigenvalue weighted by atomic mass is 10.0. The molecule has 0 amide bonds. The van der Waals surface area contributed by atoms with Gasteiger partial charge in [0.2, 0.25) is 0 Å². The highest BCUT2D eigenvalue weighted by atomic mass is 31.2. The van der Waals surface area contributed by atoms with E-state index in [1.54, 1.807) is 6.08 Å². The lowest BCUT2D eigenvalue weighted by Gasteiger charge is -2.35. The summed E-state index contributed by atoms with van der Waals surface area (Å²) in [5.41, 5.74) is 2.11. The Hall–Kier alpha value is -0.970. The Labute approximate surface area is 120 Å². The van der Waals surface area contributed by atoms with Gasteiger partial charge >= 0.3 is 0 Å². The van der Waals surface area contributed by atoms with Gasteiger partial charge in [-0.05, 0) is 11.1 Å². The van der Waals surface area contributed by atoms with Crippen molar-refractivity contribution >= 4 is 13.9 Å². The zero-order valence-corrected chi connectivity index (χ0v) is 13.0. The van der Waals surface area contributed by atoms with E-state index in [9.17, 15) is 9.46 Å². The molecule has 0 saturated heterocycles. The minimum atomic E-state index is -4.68. The van der Waals surface area contributed by atoms with Crippen LogP contribution in [0.25, 0.3) is 6.08 Å². The number of nitrogens with zero attached hydrogens (tertiary/aromatic N) is 1. The molecule has 20 heavy (non-hydrogen) atoms. The van der Waals surface area contributed by atoms with E-state index in [-0.39, 0.29) is 12.6 Å². The first-order valence-corrected chi connectivity index (χ1v) is 7.82. The number of likely N-dealkylation sites (N-methyl/N-ethyl adjacent to an activating group) is 1. The van der Waals surface area contributed by atoms with Gasteiger partial charge in [-0.1, -0.05) is 36.9 Å². The Kier molecular flexibility index (Phi) is 5.68. The van der Waals surface area contributed by atoms with Gasteiger partial charge in [0.15, 0.2) is 0 Å². The summed E-state index contributed by atoms with van der Waals surface area (Å²) in [6.45, 7) is 3.65. The Bertz CT molecular complexity index is 487. The van der Waals surface area contributed by atoms with E-state index in [1.807, 2.05) is 45.4 Å². The molecule has 1 rings (SSSR count). The van der Waals surface area contributed by atoms with E-state index in [1.165, 1.54) is 0 Å². The van der Waals surface area contributed by atoms with Crippen LogP contribution in [-0.2, 0) is 15.5 Å². The van der Waals surface area contributed by atoms with Gasteiger partial charge in [0, 0.05) is 6.42 Å². The molecule has 0 saturated carbocycles. The van der Waals surface area contributed by atoms with Crippen LogP contribution in [-0.4, -0.2) is 43.2 Å². The van der Waals surface area contributed by atoms with Crippen LogP contribution in [0.1, 0.15) is 11.1 Å². The second kappa shape index (κ2) is 6.66. The van der Waals surface area contributed by atoms with Crippen LogP contribution in [0.4, 0.5) is 0 Å². The molecule has 0 aliphatic heterocycles. The molecule has 0 spiro atoms. The second-order valence-corrected chi connectivity index (χ2v) is 6.88. The fraction of sp³-hybridized carbons (Fsp3) is 0.429. The van der Waals surface area contributed by atoms with Crippen LogP contribution in [0.2, 0.25) is 0 Å². The molecule has 0 aromatic heterocycles. The van der Waals surface area contributed by atoms with Crippen molar-refractivity contribution in [1.29, 1.82) is 0 Å². The molecule has 5 nitrogen and oxygen atoms in total. The van der Waals surface area contributed by atoms with E-state index in [0.717, 1.165) is 11.1 Å². The SMILES string of the molecule is C=Cc1ccc(CC(COP(=O)([O-])O)[N+](C)(C)C)cc1. The van der Waals surface area contributed by atoms with Crippen LogP contribution in [0.5, 0.6) is 0 Å². The molecule has 112 valence electrons. The van der Waals surface area contributed by atoms with Crippen molar-refractivity contribution in [1.82, 2.24) is 0 Å². The topological polar surface area (TPSA) is 69.6 Å². The first-order chi connectivity index (χ1) is 9.12. The minimum Gasteiger partial charge on any atom is -0.756 e. The molecule has 1 N–H and O–H groups in total. The monoisotopic (exact) mass is 299 g/mol. The smallest absolute Gasteiger partial charge is 0.265 e. The number of phosphoric acid groups is 1. The van der Waals surface area contributed by atoms with Crippen molar-refractivity contribution in [3.05, 3.63) is 42.0 Å². The van der Waals surface area contributed by atoms with Crippen LogP contribution in [0.3, 0.4) is 0 Å². The summed E-state index contributed by atoms with van der Waals surface area (Å²) in [6.07, 6.45) is 2.42. The summed E-state index contributed by atoms with van der Waals surface area (Å²) >= 11 is 0. The van der Waals surface area contributed by atoms with E-state index >= 15 is 0 Å². The maximum atomic E-state index is 10.7. The standard InChI is InChI=1S/C14H22NO4P/c1-5-12-6-8-13(9-7-12)10-14(15(2,3)4)11-19-20(16,17)18/h5-9,14H,1,10-11H2,2-4H3,(H-,16,17,18). The molecule has 1 aromatic carbocycles. The normalized spacial score (nSPS) is 16.4. The second-order valence-electron chi connectivity index (χ2n) is 5.68. The van der Waals surface area contributed by atoms with Crippen LogP contribution in [0, 0.1) is 0 Å². The van der Waals surface area contributed by atoms with Crippen molar-refractivity contribution in [2.24, 2.45) is 0 Å². The van der Waals surface area contributed by atoms with Crippen LogP contribution < -0.4 is 4.89 Å². The molecule has 0 aliphatic carbocycles. The number of phosphoric ester groups is 1. The molecule has 2 atom stereocenters. The van der Waals surface area contributed by atoms with E-state index in [0.29, 0.717) is 10.9 Å². The van der Waals surface area contributed by atoms with Crippen LogP contribution in [0.15, 0.2) is 30.8 Å². The summed E-state index contributed by atoms with van der Waals surface area (Å²) in [6, 6.07) is 7.80. The Balaban J connectivity index is 2.78. The number of benzene rings is 1. The number of rotatable bonds is 7. The van der Waals surface area contributed by atoms with E-state index < -0.39 is 7.82 Å². The van der Waals surface area contributed by atoms with Gasteiger partial charge in [0.25, 0.3) is 7.82 Å². The Morgan fingerprint density at radius 3 is 2.35 bits per heavy atom. The van der Waals surface area contributed by atoms with Crippen LogP contribution >= 0.6 is 7.82 Å². The molecule has 2 unspecified atom stereocenters. The number of hydrogen-bond donors (Lipinski definition) is 1. The highest BCUT2D eigenvalue weighted by Gasteiger charge is 2.25. The Morgan fingerprint density at radius 2 is 1.95 bits per heavy atom. The first kappa shape index (κ1) is 17.1. The highest BCUT2D eigenvalue weighted by Crippen LogP contribution is 2.31. The molecule has 0 bridgehead atoms. The van der Waals surface area contributed by atoms with Gasteiger partial charge < -0.3 is 18.8 Å². The quantitative estimate of drug-likeness (QED) is 0.611. The molecular weight excluding hydrogens is 277 g/mol. The lowest BCUT2D eigenvalue weighted by molar-refractivity contribution is -0.896. The zero-order chi connectivity index (χ0) is 15.4. The third-order valence-electron chi connectivity index (χ3n) is 3.21. The summed E-state index contributed by atoms with van der Waals surface area (Å²) in [5.74, 6) is 0. The summed E-state index contributed by atoms with van der Waals surface area (Å²) < 4.78 is 15.8. The van der Waals surface area contributed by atoms with Gasteiger partial charge in [-0.3, -0.25) is 4.57 Å². The molecule has 1 aromatic rings. The maximum absolute atomic E-state index is 10.7. The minimum absolute atomic E-state index is 0.0516. The molecule has 0 radical (unpaired) electrons. The number of quaternary nitrogens is 1. The Morgan fingerprint density at radius 1 is 1.40 bits per heavy atom. The summed E-state index contributed by atoms with van der Waals surface area (Å²) in [7, 11) is 1.19. The fourth-order valence-corrected chi connectivity index (χ4v) is 2.16. The molecular formula is C14H22NO4P. The summed E-state index contributed by atoms with van der Waals surface area (Å²) in [4.78, 5) is 19.5. The van der Waals surface area contributed by atoms with Crippen molar-refractivity contribution in [3.8, 4) is 0 Å². The first-order valence-electron chi connectivity index (χ1n) is 6.32. The predicted octanol–water partition coefficient (Wildman–Crippen LogP) is 1.42. The van der Waals surface area contributed by atoms with Gasteiger partial charge in [-0.15, -0.1) is 0 Å². The molecule has 6 heteroatoms. The van der Waals surface area contributed by atoms with E-state index in [2.05, 4.69) is 11.1 Å². The van der Waals surface area contributed by atoms with E-state index in [4.69, 9.17) is 4.89 Å². The third kappa shape index (κ3) is 5.99. The zero-order valence-electron chi connectivity index (χ0n) is 12.2. The predicted molar refractivity (Wildman–Crippen MR) is 77.8 cm³/mol. The van der Waals surface area contributed by atoms with Gasteiger partial charge in [-0.25, -0.2) is 0 Å². The average Bonchev–Trinajstić information content (AvgIpc) is 2.32. The highest BCUT2D eigenvalue weighted by molar-refractivity contribution is 7.44. The third-order valence-corrected chi connectivity index (χ3v) is 3.69. The van der Waals surface area contributed by atoms with Gasteiger partial charge in [0.05, 0.1) is 21.1 Å². The summed E-state index contributed by atoms with van der Waals surface area (Å²) in [5, 5.41) is 0.